The molecule has 23 heavy (non-hydrogen) atoms. The van der Waals surface area contributed by atoms with Gasteiger partial charge in [-0.15, -0.1) is 0 Å². The number of amides is 1. The molecule has 2 rings (SSSR count). The number of carboxylic acids is 1. The topological polar surface area (TPSA) is 91.8 Å². The Morgan fingerprint density at radius 1 is 1.26 bits per heavy atom. The van der Waals surface area contributed by atoms with Crippen LogP contribution in [0, 0.1) is 5.41 Å². The van der Waals surface area contributed by atoms with E-state index in [1.54, 1.807) is 32.9 Å². The van der Waals surface area contributed by atoms with Crippen LogP contribution < -0.4 is 0 Å². The van der Waals surface area contributed by atoms with Crippen molar-refractivity contribution >= 4 is 21.7 Å². The van der Waals surface area contributed by atoms with E-state index in [2.05, 4.69) is 0 Å². The van der Waals surface area contributed by atoms with E-state index < -0.39 is 32.4 Å². The third-order valence-electron chi connectivity index (χ3n) is 4.32. The fraction of sp³-hybridized carbons (Fsp3) is 0.500. The molecule has 0 spiro atoms. The van der Waals surface area contributed by atoms with Crippen LogP contribution in [0.1, 0.15) is 37.6 Å². The van der Waals surface area contributed by atoms with Crippen molar-refractivity contribution in [1.82, 2.24) is 4.90 Å². The Kier molecular flexibility index (Phi) is 4.52. The third kappa shape index (κ3) is 3.10. The van der Waals surface area contributed by atoms with Crippen LogP contribution in [-0.2, 0) is 14.6 Å². The van der Waals surface area contributed by atoms with Gasteiger partial charge in [-0.3, -0.25) is 9.59 Å². The molecule has 0 saturated carbocycles. The quantitative estimate of drug-likeness (QED) is 0.903. The molecular weight excluding hydrogens is 318 g/mol. The van der Waals surface area contributed by atoms with Crippen molar-refractivity contribution in [3.8, 4) is 0 Å². The van der Waals surface area contributed by atoms with Crippen molar-refractivity contribution in [1.29, 1.82) is 0 Å². The van der Waals surface area contributed by atoms with Crippen LogP contribution in [-0.4, -0.2) is 48.6 Å². The molecular formula is C16H21NO5S. The first-order valence-corrected chi connectivity index (χ1v) is 9.00. The SMILES string of the molecule is CC(C)S(=O)(=O)c1ccccc1C(=O)N1CC[C@](C)(C(=O)O)C1. The van der Waals surface area contributed by atoms with Gasteiger partial charge in [-0.05, 0) is 39.3 Å². The molecule has 6 nitrogen and oxygen atoms in total. The minimum absolute atomic E-state index is 0.00364. The molecule has 0 radical (unpaired) electrons. The zero-order valence-corrected chi connectivity index (χ0v) is 14.3. The summed E-state index contributed by atoms with van der Waals surface area (Å²) in [4.78, 5) is 25.4. The fourth-order valence-corrected chi connectivity index (χ4v) is 3.86. The fourth-order valence-electron chi connectivity index (χ4n) is 2.62. The van der Waals surface area contributed by atoms with Crippen LogP contribution in [0.5, 0.6) is 0 Å². The summed E-state index contributed by atoms with van der Waals surface area (Å²) in [5.74, 6) is -1.38. The molecule has 1 aliphatic rings. The Morgan fingerprint density at radius 2 is 1.87 bits per heavy atom. The second-order valence-corrected chi connectivity index (χ2v) is 8.91. The first kappa shape index (κ1) is 17.5. The second-order valence-electron chi connectivity index (χ2n) is 6.43. The lowest BCUT2D eigenvalue weighted by molar-refractivity contribution is -0.147. The van der Waals surface area contributed by atoms with Gasteiger partial charge in [-0.25, -0.2) is 8.42 Å². The monoisotopic (exact) mass is 339 g/mol. The number of carbonyl (C=O) groups excluding carboxylic acids is 1. The number of benzene rings is 1. The van der Waals surface area contributed by atoms with Gasteiger partial charge in [-0.2, -0.15) is 0 Å². The summed E-state index contributed by atoms with van der Waals surface area (Å²) < 4.78 is 24.9. The smallest absolute Gasteiger partial charge is 0.311 e. The van der Waals surface area contributed by atoms with Crippen LogP contribution in [0.2, 0.25) is 0 Å². The highest BCUT2D eigenvalue weighted by molar-refractivity contribution is 7.92. The third-order valence-corrected chi connectivity index (χ3v) is 6.53. The molecule has 1 amide bonds. The second kappa shape index (κ2) is 5.96. The van der Waals surface area contributed by atoms with Gasteiger partial charge in [0.2, 0.25) is 0 Å². The minimum atomic E-state index is -3.59. The molecule has 0 unspecified atom stereocenters. The molecule has 1 aliphatic heterocycles. The lowest BCUT2D eigenvalue weighted by Crippen LogP contribution is -2.35. The molecule has 0 aliphatic carbocycles. The van der Waals surface area contributed by atoms with Crippen LogP contribution in [0.4, 0.5) is 0 Å². The number of rotatable bonds is 4. The number of hydrogen-bond donors (Lipinski definition) is 1. The number of sulfone groups is 1. The highest BCUT2D eigenvalue weighted by Crippen LogP contribution is 2.32. The van der Waals surface area contributed by atoms with Crippen molar-refractivity contribution in [2.45, 2.75) is 37.3 Å². The molecule has 1 saturated heterocycles. The Balaban J connectivity index is 2.38. The van der Waals surface area contributed by atoms with Crippen LogP contribution in [0.15, 0.2) is 29.2 Å². The Labute approximate surface area is 136 Å². The number of nitrogens with zero attached hydrogens (tertiary/aromatic N) is 1. The standard InChI is InChI=1S/C16H21NO5S/c1-11(2)23(21,22)13-7-5-4-6-12(13)14(18)17-9-8-16(3,10-17)15(19)20/h4-7,11H,8-10H2,1-3H3,(H,19,20)/t16-/m0/s1. The van der Waals surface area contributed by atoms with E-state index in [4.69, 9.17) is 0 Å². The van der Waals surface area contributed by atoms with E-state index in [-0.39, 0.29) is 17.0 Å². The average Bonchev–Trinajstić information content (AvgIpc) is 2.90. The van der Waals surface area contributed by atoms with Gasteiger partial charge in [0.15, 0.2) is 9.84 Å². The van der Waals surface area contributed by atoms with Crippen LogP contribution >= 0.6 is 0 Å². The number of likely N-dealkylation sites (tertiary alicyclic amines) is 1. The molecule has 1 atom stereocenters. The van der Waals surface area contributed by atoms with Gasteiger partial charge < -0.3 is 10.0 Å². The minimum Gasteiger partial charge on any atom is -0.481 e. The van der Waals surface area contributed by atoms with E-state index in [9.17, 15) is 23.1 Å². The van der Waals surface area contributed by atoms with E-state index in [0.717, 1.165) is 0 Å². The van der Waals surface area contributed by atoms with Gasteiger partial charge in [0.25, 0.3) is 5.91 Å². The van der Waals surface area contributed by atoms with Crippen LogP contribution in [0.3, 0.4) is 0 Å². The largest absolute Gasteiger partial charge is 0.481 e. The number of hydrogen-bond acceptors (Lipinski definition) is 4. The van der Waals surface area contributed by atoms with Gasteiger partial charge in [-0.1, -0.05) is 12.1 Å². The molecule has 1 aromatic rings. The Morgan fingerprint density at radius 3 is 2.39 bits per heavy atom. The molecule has 1 heterocycles. The zero-order chi connectivity index (χ0) is 17.4. The number of carbonyl (C=O) groups is 2. The molecule has 1 N–H and O–H groups in total. The van der Waals surface area contributed by atoms with E-state index in [0.29, 0.717) is 13.0 Å². The van der Waals surface area contributed by atoms with Crippen molar-refractivity contribution in [3.05, 3.63) is 29.8 Å². The summed E-state index contributed by atoms with van der Waals surface area (Å²) >= 11 is 0. The normalized spacial score (nSPS) is 21.7. The van der Waals surface area contributed by atoms with Crippen molar-refractivity contribution in [2.24, 2.45) is 5.41 Å². The summed E-state index contributed by atoms with van der Waals surface area (Å²) in [6.45, 7) is 5.11. The zero-order valence-electron chi connectivity index (χ0n) is 13.4. The summed E-state index contributed by atoms with van der Waals surface area (Å²) in [6, 6.07) is 6.10. The highest BCUT2D eigenvalue weighted by Gasteiger charge is 2.43. The lowest BCUT2D eigenvalue weighted by Gasteiger charge is -2.21. The predicted octanol–water partition coefficient (Wildman–Crippen LogP) is 1.81. The maximum Gasteiger partial charge on any atom is 0.311 e. The van der Waals surface area contributed by atoms with Crippen molar-refractivity contribution < 1.29 is 23.1 Å². The predicted molar refractivity (Wildman–Crippen MR) is 85.0 cm³/mol. The molecule has 0 bridgehead atoms. The summed E-state index contributed by atoms with van der Waals surface area (Å²) in [5, 5.41) is 8.63. The first-order chi connectivity index (χ1) is 10.6. The lowest BCUT2D eigenvalue weighted by atomic mass is 9.90. The van der Waals surface area contributed by atoms with E-state index >= 15 is 0 Å². The average molecular weight is 339 g/mol. The van der Waals surface area contributed by atoms with E-state index in [1.165, 1.54) is 17.0 Å². The molecule has 7 heteroatoms. The maximum absolute atomic E-state index is 12.7. The van der Waals surface area contributed by atoms with Gasteiger partial charge in [0.05, 0.1) is 21.1 Å². The van der Waals surface area contributed by atoms with Crippen molar-refractivity contribution in [3.63, 3.8) is 0 Å². The molecule has 1 fully saturated rings. The van der Waals surface area contributed by atoms with Crippen LogP contribution in [0.25, 0.3) is 0 Å². The number of aliphatic carboxylic acids is 1. The van der Waals surface area contributed by atoms with Gasteiger partial charge in [0, 0.05) is 13.1 Å². The maximum atomic E-state index is 12.7. The summed E-state index contributed by atoms with van der Waals surface area (Å²) in [7, 11) is -3.59. The Bertz CT molecular complexity index is 741. The number of carboxylic acid groups (broad SMARTS) is 1. The van der Waals surface area contributed by atoms with Gasteiger partial charge >= 0.3 is 5.97 Å². The molecule has 0 aromatic heterocycles. The summed E-state index contributed by atoms with van der Waals surface area (Å²) in [6.07, 6.45) is 0.354. The van der Waals surface area contributed by atoms with E-state index in [1.807, 2.05) is 0 Å². The molecule has 126 valence electrons. The Hall–Kier alpha value is -1.89. The molecule has 1 aromatic carbocycles. The highest BCUT2D eigenvalue weighted by atomic mass is 32.2. The van der Waals surface area contributed by atoms with Crippen molar-refractivity contribution in [2.75, 3.05) is 13.1 Å². The van der Waals surface area contributed by atoms with Gasteiger partial charge in [0.1, 0.15) is 0 Å². The first-order valence-electron chi connectivity index (χ1n) is 7.45. The summed E-state index contributed by atoms with van der Waals surface area (Å²) in [5.41, 5.74) is -0.877.